The minimum atomic E-state index is -3.67. The normalized spacial score (nSPS) is 11.3. The van der Waals surface area contributed by atoms with Crippen LogP contribution in [0.15, 0.2) is 47.4 Å². The second kappa shape index (κ2) is 8.91. The molecule has 2 aromatic carbocycles. The summed E-state index contributed by atoms with van der Waals surface area (Å²) >= 11 is 0. The number of fused-ring (bicyclic) bond motifs is 1. The molecule has 0 aromatic heterocycles. The Morgan fingerprint density at radius 3 is 2.48 bits per heavy atom. The third-order valence-corrected chi connectivity index (χ3v) is 4.63. The average Bonchev–Trinajstić information content (AvgIpc) is 2.46. The van der Waals surface area contributed by atoms with Crippen molar-refractivity contribution in [3.05, 3.63) is 42.5 Å². The van der Waals surface area contributed by atoms with E-state index in [-0.39, 0.29) is 42.5 Å². The predicted octanol–water partition coefficient (Wildman–Crippen LogP) is 1.24. The summed E-state index contributed by atoms with van der Waals surface area (Å²) < 4.78 is 29.7. The van der Waals surface area contributed by atoms with Crippen molar-refractivity contribution in [1.29, 1.82) is 0 Å². The Kier molecular flexibility index (Phi) is 7.92. The fourth-order valence-electron chi connectivity index (χ4n) is 2.17. The van der Waals surface area contributed by atoms with Crippen molar-refractivity contribution in [3.8, 4) is 0 Å². The van der Waals surface area contributed by atoms with Crippen molar-refractivity contribution in [2.75, 3.05) is 6.61 Å². The molecular weight excluding hydrogens is 295 g/mol. The molecule has 3 nitrogen and oxygen atoms in total. The van der Waals surface area contributed by atoms with Crippen LogP contribution in [0.3, 0.4) is 0 Å². The molecule has 0 radical (unpaired) electrons. The van der Waals surface area contributed by atoms with Gasteiger partial charge in [-0.05, 0) is 17.9 Å². The van der Waals surface area contributed by atoms with E-state index < -0.39 is 10.1 Å². The van der Waals surface area contributed by atoms with E-state index in [4.69, 9.17) is 4.18 Å². The summed E-state index contributed by atoms with van der Waals surface area (Å²) in [6.45, 7) is 2.37. The van der Waals surface area contributed by atoms with Crippen molar-refractivity contribution < 1.29 is 43.6 Å². The van der Waals surface area contributed by atoms with Crippen molar-refractivity contribution in [3.63, 3.8) is 0 Å². The molecule has 0 saturated heterocycles. The largest absolute Gasteiger partial charge is 1.00 e. The third kappa shape index (κ3) is 5.08. The van der Waals surface area contributed by atoms with Gasteiger partial charge in [-0.25, -0.2) is 0 Å². The smallest absolute Gasteiger partial charge is 1.00 e. The van der Waals surface area contributed by atoms with Gasteiger partial charge in [-0.1, -0.05) is 62.6 Å². The van der Waals surface area contributed by atoms with Gasteiger partial charge in [-0.3, -0.25) is 4.18 Å². The van der Waals surface area contributed by atoms with E-state index in [1.54, 1.807) is 12.1 Å². The van der Waals surface area contributed by atoms with Crippen LogP contribution in [0.4, 0.5) is 0 Å². The van der Waals surface area contributed by atoms with Crippen LogP contribution in [0.1, 0.15) is 34.0 Å². The maximum absolute atomic E-state index is 12.3. The van der Waals surface area contributed by atoms with Gasteiger partial charge in [-0.15, -0.1) is 0 Å². The summed E-state index contributed by atoms with van der Waals surface area (Å²) in [5, 5.41) is 1.62. The van der Waals surface area contributed by atoms with Crippen LogP contribution in [-0.2, 0) is 14.3 Å². The molecule has 0 saturated carbocycles. The van der Waals surface area contributed by atoms with E-state index >= 15 is 0 Å². The van der Waals surface area contributed by atoms with Crippen LogP contribution < -0.4 is 29.6 Å². The van der Waals surface area contributed by atoms with E-state index in [2.05, 4.69) is 6.92 Å². The Balaban J connectivity index is 0.00000220. The second-order valence-electron chi connectivity index (χ2n) is 4.81. The molecule has 0 aliphatic rings. The van der Waals surface area contributed by atoms with E-state index in [9.17, 15) is 8.42 Å². The number of hydrogen-bond donors (Lipinski definition) is 0. The first-order valence-electron chi connectivity index (χ1n) is 7.02. The Hall–Kier alpha value is -0.390. The molecule has 2 rings (SSSR count). The van der Waals surface area contributed by atoms with Crippen molar-refractivity contribution >= 4 is 20.9 Å². The van der Waals surface area contributed by atoms with Gasteiger partial charge in [0.25, 0.3) is 10.1 Å². The SMILES string of the molecule is CCCCCCOS(=O)(=O)c1cccc2ccccc12.[H-].[Na+]. The first-order chi connectivity index (χ1) is 9.65. The summed E-state index contributed by atoms with van der Waals surface area (Å²) in [5.74, 6) is 0. The monoisotopic (exact) mass is 316 g/mol. The molecule has 110 valence electrons. The molecule has 5 heteroatoms. The van der Waals surface area contributed by atoms with E-state index in [1.165, 1.54) is 0 Å². The van der Waals surface area contributed by atoms with Gasteiger partial charge in [0.05, 0.1) is 6.61 Å². The van der Waals surface area contributed by atoms with Gasteiger partial charge < -0.3 is 1.43 Å². The minimum absolute atomic E-state index is 0. The summed E-state index contributed by atoms with van der Waals surface area (Å²) in [6, 6.07) is 12.7. The van der Waals surface area contributed by atoms with Gasteiger partial charge >= 0.3 is 29.6 Å². The van der Waals surface area contributed by atoms with Gasteiger partial charge in [0.2, 0.25) is 0 Å². The topological polar surface area (TPSA) is 43.4 Å². The molecule has 0 spiro atoms. The standard InChI is InChI=1S/C16H20O3S.Na.H/c1-2-3-4-7-13-19-20(17,18)16-12-8-10-14-9-5-6-11-15(14)16;;/h5-6,8-12H,2-4,7,13H2,1H3;;/q;+1;-1. The van der Waals surface area contributed by atoms with Gasteiger partial charge in [0.15, 0.2) is 0 Å². The molecule has 0 amide bonds. The van der Waals surface area contributed by atoms with Gasteiger partial charge in [0.1, 0.15) is 4.90 Å². The fourth-order valence-corrected chi connectivity index (χ4v) is 3.34. The molecule has 0 aliphatic carbocycles. The Morgan fingerprint density at radius 1 is 1.00 bits per heavy atom. The zero-order valence-electron chi connectivity index (χ0n) is 13.7. The summed E-state index contributed by atoms with van der Waals surface area (Å²) in [7, 11) is -3.67. The molecule has 0 N–H and O–H groups in total. The van der Waals surface area contributed by atoms with Crippen molar-refractivity contribution in [2.24, 2.45) is 0 Å². The maximum atomic E-state index is 12.3. The second-order valence-corrected chi connectivity index (χ2v) is 6.40. The molecular formula is C16H21NaO3S. The predicted molar refractivity (Wildman–Crippen MR) is 82.3 cm³/mol. The molecule has 0 unspecified atom stereocenters. The molecule has 0 aliphatic heterocycles. The van der Waals surface area contributed by atoms with Crippen molar-refractivity contribution in [1.82, 2.24) is 0 Å². The van der Waals surface area contributed by atoms with Crippen LogP contribution in [-0.4, -0.2) is 15.0 Å². The summed E-state index contributed by atoms with van der Waals surface area (Å²) in [4.78, 5) is 0.256. The van der Waals surface area contributed by atoms with Crippen molar-refractivity contribution in [2.45, 2.75) is 37.5 Å². The van der Waals surface area contributed by atoms with Crippen LogP contribution in [0, 0.1) is 0 Å². The van der Waals surface area contributed by atoms with E-state index in [0.29, 0.717) is 5.39 Å². The molecule has 0 heterocycles. The average molecular weight is 316 g/mol. The Morgan fingerprint density at radius 2 is 1.71 bits per heavy atom. The van der Waals surface area contributed by atoms with Gasteiger partial charge in [-0.2, -0.15) is 8.42 Å². The van der Waals surface area contributed by atoms with Crippen LogP contribution in [0.2, 0.25) is 0 Å². The van der Waals surface area contributed by atoms with Crippen LogP contribution in [0.25, 0.3) is 10.8 Å². The van der Waals surface area contributed by atoms with E-state index in [1.807, 2.05) is 30.3 Å². The Labute approximate surface area is 150 Å². The number of unbranched alkanes of at least 4 members (excludes halogenated alkanes) is 3. The number of hydrogen-bond acceptors (Lipinski definition) is 3. The minimum Gasteiger partial charge on any atom is -1.00 e. The summed E-state index contributed by atoms with van der Waals surface area (Å²) in [6.07, 6.45) is 4.01. The molecule has 2 aromatic rings. The first kappa shape index (κ1) is 18.7. The molecule has 0 atom stereocenters. The Bertz CT molecular complexity index is 669. The first-order valence-corrected chi connectivity index (χ1v) is 8.43. The number of rotatable bonds is 7. The van der Waals surface area contributed by atoms with Crippen LogP contribution >= 0.6 is 0 Å². The zero-order valence-corrected chi connectivity index (χ0v) is 15.5. The third-order valence-electron chi connectivity index (χ3n) is 3.26. The van der Waals surface area contributed by atoms with Crippen LogP contribution in [0.5, 0.6) is 0 Å². The zero-order chi connectivity index (χ0) is 14.4. The maximum Gasteiger partial charge on any atom is 1.00 e. The van der Waals surface area contributed by atoms with Gasteiger partial charge in [0, 0.05) is 5.39 Å². The van der Waals surface area contributed by atoms with E-state index in [0.717, 1.165) is 31.1 Å². The molecule has 0 fully saturated rings. The fraction of sp³-hybridized carbons (Fsp3) is 0.375. The molecule has 0 bridgehead atoms. The molecule has 21 heavy (non-hydrogen) atoms. The quantitative estimate of drug-likeness (QED) is 0.438. The summed E-state index contributed by atoms with van der Waals surface area (Å²) in [5.41, 5.74) is 0. The number of benzene rings is 2.